The zero-order valence-corrected chi connectivity index (χ0v) is 7.03. The van der Waals surface area contributed by atoms with Crippen molar-refractivity contribution in [1.29, 1.82) is 0 Å². The summed E-state index contributed by atoms with van der Waals surface area (Å²) in [7, 11) is 0. The smallest absolute Gasteiger partial charge is 0.203 e. The molecule has 1 aliphatic heterocycles. The van der Waals surface area contributed by atoms with Crippen molar-refractivity contribution in [3.63, 3.8) is 0 Å². The largest absolute Gasteiger partial charge is 0.358 e. The summed E-state index contributed by atoms with van der Waals surface area (Å²) in [6.07, 6.45) is 5.01. The van der Waals surface area contributed by atoms with Crippen LogP contribution in [0.2, 0.25) is 0 Å². The third kappa shape index (κ3) is 1.67. The molecule has 0 saturated heterocycles. The molecule has 0 fully saturated rings. The summed E-state index contributed by atoms with van der Waals surface area (Å²) < 4.78 is 0. The van der Waals surface area contributed by atoms with Crippen molar-refractivity contribution in [2.45, 2.75) is 0 Å². The van der Waals surface area contributed by atoms with Crippen LogP contribution >= 0.6 is 0 Å². The average Bonchev–Trinajstić information content (AvgIpc) is 2.54. The van der Waals surface area contributed by atoms with E-state index in [1.807, 2.05) is 36.4 Å². The molecule has 0 radical (unpaired) electrons. The molecule has 0 atom stereocenters. The maximum absolute atomic E-state index is 11.2. The normalized spacial score (nSPS) is 17.8. The third-order valence-corrected chi connectivity index (χ3v) is 1.85. The zero-order chi connectivity index (χ0) is 9.10. The molecule has 0 bridgehead atoms. The predicted molar refractivity (Wildman–Crippen MR) is 51.7 cm³/mol. The van der Waals surface area contributed by atoms with E-state index < -0.39 is 0 Å². The highest BCUT2D eigenvalue weighted by molar-refractivity contribution is 6.08. The van der Waals surface area contributed by atoms with E-state index in [2.05, 4.69) is 5.32 Å². The Balaban J connectivity index is 2.27. The van der Waals surface area contributed by atoms with Gasteiger partial charge in [0.15, 0.2) is 0 Å². The Labute approximate surface area is 76.6 Å². The van der Waals surface area contributed by atoms with Gasteiger partial charge in [-0.3, -0.25) is 4.79 Å². The molecule has 0 amide bonds. The maximum Gasteiger partial charge on any atom is 0.203 e. The SMILES string of the molecule is O=C1C=CNC1=Cc1ccccc1. The van der Waals surface area contributed by atoms with E-state index in [0.29, 0.717) is 5.70 Å². The first-order valence-corrected chi connectivity index (χ1v) is 4.10. The van der Waals surface area contributed by atoms with Crippen LogP contribution in [0.5, 0.6) is 0 Å². The first-order chi connectivity index (χ1) is 6.36. The van der Waals surface area contributed by atoms with Crippen LogP contribution in [0.1, 0.15) is 5.56 Å². The topological polar surface area (TPSA) is 29.1 Å². The van der Waals surface area contributed by atoms with Crippen LogP contribution in [0, 0.1) is 0 Å². The molecule has 0 aliphatic carbocycles. The molecule has 1 heterocycles. The number of nitrogens with one attached hydrogen (secondary N) is 1. The molecular weight excluding hydrogens is 162 g/mol. The molecule has 64 valence electrons. The van der Waals surface area contributed by atoms with Crippen molar-refractivity contribution in [2.24, 2.45) is 0 Å². The second kappa shape index (κ2) is 3.27. The Bertz CT molecular complexity index is 376. The van der Waals surface area contributed by atoms with Gasteiger partial charge in [0.1, 0.15) is 0 Å². The lowest BCUT2D eigenvalue weighted by molar-refractivity contribution is -0.111. The van der Waals surface area contributed by atoms with E-state index in [-0.39, 0.29) is 5.78 Å². The number of benzene rings is 1. The van der Waals surface area contributed by atoms with Gasteiger partial charge in [0.05, 0.1) is 5.70 Å². The quantitative estimate of drug-likeness (QED) is 0.652. The van der Waals surface area contributed by atoms with Crippen molar-refractivity contribution in [3.8, 4) is 0 Å². The molecule has 1 N–H and O–H groups in total. The van der Waals surface area contributed by atoms with E-state index in [9.17, 15) is 4.79 Å². The van der Waals surface area contributed by atoms with Gasteiger partial charge in [-0.2, -0.15) is 0 Å². The van der Waals surface area contributed by atoms with Gasteiger partial charge in [-0.1, -0.05) is 30.3 Å². The van der Waals surface area contributed by atoms with Crippen molar-refractivity contribution in [1.82, 2.24) is 5.32 Å². The van der Waals surface area contributed by atoms with Gasteiger partial charge >= 0.3 is 0 Å². The lowest BCUT2D eigenvalue weighted by Crippen LogP contribution is -2.04. The van der Waals surface area contributed by atoms with E-state index in [4.69, 9.17) is 0 Å². The monoisotopic (exact) mass is 171 g/mol. The highest BCUT2D eigenvalue weighted by Crippen LogP contribution is 2.08. The molecule has 1 aliphatic rings. The average molecular weight is 171 g/mol. The Hall–Kier alpha value is -1.83. The van der Waals surface area contributed by atoms with Crippen LogP contribution in [-0.2, 0) is 4.79 Å². The minimum atomic E-state index is 0.0313. The summed E-state index contributed by atoms with van der Waals surface area (Å²) in [6, 6.07) is 9.75. The first kappa shape index (κ1) is 7.80. The van der Waals surface area contributed by atoms with Crippen LogP contribution < -0.4 is 5.32 Å². The number of hydrogen-bond donors (Lipinski definition) is 1. The molecule has 1 aromatic carbocycles. The lowest BCUT2D eigenvalue weighted by Gasteiger charge is -1.96. The van der Waals surface area contributed by atoms with Crippen LogP contribution in [0.15, 0.2) is 48.3 Å². The fourth-order valence-electron chi connectivity index (χ4n) is 1.20. The molecule has 0 saturated carbocycles. The molecule has 13 heavy (non-hydrogen) atoms. The first-order valence-electron chi connectivity index (χ1n) is 4.10. The minimum absolute atomic E-state index is 0.0313. The zero-order valence-electron chi connectivity index (χ0n) is 7.03. The van der Waals surface area contributed by atoms with E-state index in [0.717, 1.165) is 5.56 Å². The molecule has 2 heteroatoms. The summed E-state index contributed by atoms with van der Waals surface area (Å²) in [4.78, 5) is 11.2. The summed E-state index contributed by atoms with van der Waals surface area (Å²) >= 11 is 0. The number of carbonyl (C=O) groups is 1. The van der Waals surface area contributed by atoms with Crippen molar-refractivity contribution < 1.29 is 4.79 Å². The van der Waals surface area contributed by atoms with Crippen LogP contribution in [0.25, 0.3) is 6.08 Å². The summed E-state index contributed by atoms with van der Waals surface area (Å²) in [5.74, 6) is 0.0313. The Morgan fingerprint density at radius 1 is 1.15 bits per heavy atom. The fourth-order valence-corrected chi connectivity index (χ4v) is 1.20. The summed E-state index contributed by atoms with van der Waals surface area (Å²) in [5, 5.41) is 2.89. The lowest BCUT2D eigenvalue weighted by atomic mass is 10.2. The number of allylic oxidation sites excluding steroid dienone is 1. The summed E-state index contributed by atoms with van der Waals surface area (Å²) in [5.41, 5.74) is 1.66. The van der Waals surface area contributed by atoms with Gasteiger partial charge in [0, 0.05) is 12.3 Å². The standard InChI is InChI=1S/C11H9NO/c13-11-6-7-12-10(11)8-9-4-2-1-3-5-9/h1-8,12H. The molecule has 0 aromatic heterocycles. The van der Waals surface area contributed by atoms with Gasteiger partial charge < -0.3 is 5.32 Å². The number of carbonyl (C=O) groups excluding carboxylic acids is 1. The molecule has 1 aromatic rings. The predicted octanol–water partition coefficient (Wildman–Crippen LogP) is 1.71. The van der Waals surface area contributed by atoms with Crippen molar-refractivity contribution in [3.05, 3.63) is 53.9 Å². The molecule has 2 nitrogen and oxygen atoms in total. The van der Waals surface area contributed by atoms with E-state index in [1.165, 1.54) is 6.08 Å². The van der Waals surface area contributed by atoms with Gasteiger partial charge in [-0.15, -0.1) is 0 Å². The van der Waals surface area contributed by atoms with Gasteiger partial charge in [-0.25, -0.2) is 0 Å². The Morgan fingerprint density at radius 3 is 2.54 bits per heavy atom. The van der Waals surface area contributed by atoms with Crippen molar-refractivity contribution >= 4 is 11.9 Å². The molecular formula is C11H9NO. The highest BCUT2D eigenvalue weighted by atomic mass is 16.1. The highest BCUT2D eigenvalue weighted by Gasteiger charge is 2.09. The number of rotatable bonds is 1. The molecule has 0 unspecified atom stereocenters. The second-order valence-corrected chi connectivity index (χ2v) is 2.81. The number of ketones is 1. The Morgan fingerprint density at radius 2 is 1.92 bits per heavy atom. The Kier molecular flexibility index (Phi) is 1.96. The van der Waals surface area contributed by atoms with E-state index in [1.54, 1.807) is 6.20 Å². The van der Waals surface area contributed by atoms with Crippen LogP contribution in [0.3, 0.4) is 0 Å². The van der Waals surface area contributed by atoms with E-state index >= 15 is 0 Å². The van der Waals surface area contributed by atoms with Gasteiger partial charge in [0.25, 0.3) is 0 Å². The fraction of sp³-hybridized carbons (Fsp3) is 0. The van der Waals surface area contributed by atoms with Crippen LogP contribution in [-0.4, -0.2) is 5.78 Å². The van der Waals surface area contributed by atoms with Crippen LogP contribution in [0.4, 0.5) is 0 Å². The second-order valence-electron chi connectivity index (χ2n) is 2.81. The molecule has 0 spiro atoms. The van der Waals surface area contributed by atoms with Gasteiger partial charge in [-0.05, 0) is 11.6 Å². The number of hydrogen-bond acceptors (Lipinski definition) is 2. The maximum atomic E-state index is 11.2. The minimum Gasteiger partial charge on any atom is -0.358 e. The van der Waals surface area contributed by atoms with Crippen molar-refractivity contribution in [2.75, 3.05) is 0 Å². The summed E-state index contributed by atoms with van der Waals surface area (Å²) in [6.45, 7) is 0. The molecule has 2 rings (SSSR count). The third-order valence-electron chi connectivity index (χ3n) is 1.85. The van der Waals surface area contributed by atoms with Gasteiger partial charge in [0.2, 0.25) is 5.78 Å².